The number of aryl methyl sites for hydroxylation is 1. The maximum Gasteiger partial charge on any atom is 0.242 e. The Labute approximate surface area is 220 Å². The maximum atomic E-state index is 13.4. The summed E-state index contributed by atoms with van der Waals surface area (Å²) in [6.07, 6.45) is 2.37. The van der Waals surface area contributed by atoms with Gasteiger partial charge < -0.3 is 10.2 Å². The van der Waals surface area contributed by atoms with Crippen molar-refractivity contribution in [1.29, 1.82) is 0 Å². The molecule has 2 amide bonds. The summed E-state index contributed by atoms with van der Waals surface area (Å²) in [5, 5.41) is 3.53. The number of amides is 2. The number of halogens is 1. The fraction of sp³-hybridized carbons (Fsp3) is 0.481. The number of hydrogen-bond donors (Lipinski definition) is 1. The van der Waals surface area contributed by atoms with Crippen molar-refractivity contribution in [2.45, 2.75) is 72.5 Å². The molecule has 0 saturated carbocycles. The molecule has 0 aliphatic heterocycles. The normalized spacial score (nSPS) is 13.1. The molecule has 0 heterocycles. The van der Waals surface area contributed by atoms with Crippen molar-refractivity contribution in [2.24, 2.45) is 0 Å². The zero-order valence-electron chi connectivity index (χ0n) is 22.0. The summed E-state index contributed by atoms with van der Waals surface area (Å²) in [5.74, 6) is -0.439. The zero-order chi connectivity index (χ0) is 27.0. The van der Waals surface area contributed by atoms with Gasteiger partial charge in [0.05, 0.1) is 11.9 Å². The molecule has 1 N–H and O–H groups in total. The molecule has 2 rings (SSSR count). The maximum absolute atomic E-state index is 13.4. The van der Waals surface area contributed by atoms with Crippen molar-refractivity contribution >= 4 is 39.1 Å². The van der Waals surface area contributed by atoms with Crippen molar-refractivity contribution in [3.8, 4) is 0 Å². The van der Waals surface area contributed by atoms with Gasteiger partial charge in [-0.15, -0.1) is 0 Å². The van der Waals surface area contributed by atoms with Crippen LogP contribution in [0.1, 0.15) is 56.7 Å². The van der Waals surface area contributed by atoms with Crippen LogP contribution >= 0.6 is 11.6 Å². The first-order valence-corrected chi connectivity index (χ1v) is 14.5. The van der Waals surface area contributed by atoms with Crippen LogP contribution in [-0.4, -0.2) is 50.0 Å². The van der Waals surface area contributed by atoms with E-state index in [1.54, 1.807) is 30.0 Å². The second kappa shape index (κ2) is 13.1. The van der Waals surface area contributed by atoms with Gasteiger partial charge in [-0.3, -0.25) is 13.9 Å². The molecule has 0 bridgehead atoms. The minimum absolute atomic E-state index is 0.00618. The van der Waals surface area contributed by atoms with Gasteiger partial charge in [0, 0.05) is 30.6 Å². The number of rotatable bonds is 12. The summed E-state index contributed by atoms with van der Waals surface area (Å²) in [6.45, 7) is 9.85. The summed E-state index contributed by atoms with van der Waals surface area (Å²) in [4.78, 5) is 27.8. The van der Waals surface area contributed by atoms with Gasteiger partial charge in [-0.1, -0.05) is 42.8 Å². The summed E-state index contributed by atoms with van der Waals surface area (Å²) < 4.78 is 26.5. The summed E-state index contributed by atoms with van der Waals surface area (Å²) in [6, 6.07) is 12.0. The van der Waals surface area contributed by atoms with Crippen LogP contribution in [0.5, 0.6) is 0 Å². The number of hydrogen-bond acceptors (Lipinski definition) is 4. The predicted octanol–water partition coefficient (Wildman–Crippen LogP) is 4.84. The van der Waals surface area contributed by atoms with Crippen LogP contribution in [0.4, 0.5) is 5.69 Å². The van der Waals surface area contributed by atoms with E-state index in [4.69, 9.17) is 11.6 Å². The number of nitrogens with zero attached hydrogens (tertiary/aromatic N) is 2. The summed E-state index contributed by atoms with van der Waals surface area (Å²) >= 11 is 6.00. The van der Waals surface area contributed by atoms with E-state index in [2.05, 4.69) is 5.32 Å². The van der Waals surface area contributed by atoms with Crippen LogP contribution in [0, 0.1) is 13.8 Å². The van der Waals surface area contributed by atoms with Crippen LogP contribution in [0.3, 0.4) is 0 Å². The third kappa shape index (κ3) is 8.23. The fourth-order valence-corrected chi connectivity index (χ4v) is 4.96. The van der Waals surface area contributed by atoms with Gasteiger partial charge in [0.1, 0.15) is 6.04 Å². The van der Waals surface area contributed by atoms with Crippen LogP contribution in [-0.2, 0) is 26.2 Å². The van der Waals surface area contributed by atoms with Crippen LogP contribution in [0.2, 0.25) is 5.02 Å². The minimum Gasteiger partial charge on any atom is -0.352 e. The fourth-order valence-electron chi connectivity index (χ4n) is 3.82. The van der Waals surface area contributed by atoms with Crippen molar-refractivity contribution < 1.29 is 18.0 Å². The number of carbonyl (C=O) groups excluding carboxylic acids is 2. The standard InChI is InChI=1S/C27H38ClN3O4S/c1-7-20(3)29-27(33)22(5)30(18-23-13-15-24(28)16-14-23)26(32)12-9-17-31(36(6,34)35)25-11-8-10-19(2)21(25)4/h8,10-11,13-16,20,22H,7,9,12,17-18H2,1-6H3,(H,29,33)/t20-,22-/m1/s1. The highest BCUT2D eigenvalue weighted by Gasteiger charge is 2.27. The Bertz CT molecular complexity index is 1150. The lowest BCUT2D eigenvalue weighted by molar-refractivity contribution is -0.140. The van der Waals surface area contributed by atoms with E-state index < -0.39 is 16.1 Å². The van der Waals surface area contributed by atoms with Gasteiger partial charge in [-0.05, 0) is 75.4 Å². The van der Waals surface area contributed by atoms with E-state index in [-0.39, 0.29) is 37.4 Å². The van der Waals surface area contributed by atoms with Gasteiger partial charge in [0.15, 0.2) is 0 Å². The molecule has 7 nitrogen and oxygen atoms in total. The quantitative estimate of drug-likeness (QED) is 0.421. The second-order valence-electron chi connectivity index (χ2n) is 9.30. The lowest BCUT2D eigenvalue weighted by atomic mass is 10.1. The first kappa shape index (κ1) is 29.6. The van der Waals surface area contributed by atoms with E-state index in [1.807, 2.05) is 52.0 Å². The Hall–Kier alpha value is -2.58. The van der Waals surface area contributed by atoms with E-state index in [0.717, 1.165) is 23.1 Å². The Morgan fingerprint density at radius 3 is 2.28 bits per heavy atom. The molecule has 0 spiro atoms. The van der Waals surface area contributed by atoms with Crippen LogP contribution in [0.25, 0.3) is 0 Å². The third-order valence-electron chi connectivity index (χ3n) is 6.43. The number of anilines is 1. The molecule has 2 aromatic carbocycles. The Balaban J connectivity index is 2.20. The summed E-state index contributed by atoms with van der Waals surface area (Å²) in [7, 11) is -3.54. The Morgan fingerprint density at radius 1 is 1.06 bits per heavy atom. The summed E-state index contributed by atoms with van der Waals surface area (Å²) in [5.41, 5.74) is 3.34. The van der Waals surface area contributed by atoms with Crippen molar-refractivity contribution in [2.75, 3.05) is 17.1 Å². The van der Waals surface area contributed by atoms with Gasteiger partial charge >= 0.3 is 0 Å². The molecule has 0 saturated heterocycles. The highest BCUT2D eigenvalue weighted by molar-refractivity contribution is 7.92. The highest BCUT2D eigenvalue weighted by Crippen LogP contribution is 2.25. The van der Waals surface area contributed by atoms with Crippen molar-refractivity contribution in [3.63, 3.8) is 0 Å². The van der Waals surface area contributed by atoms with Crippen LogP contribution in [0.15, 0.2) is 42.5 Å². The molecule has 0 aliphatic carbocycles. The second-order valence-corrected chi connectivity index (χ2v) is 11.6. The topological polar surface area (TPSA) is 86.8 Å². The molecule has 2 aromatic rings. The number of carbonyl (C=O) groups is 2. The molecule has 36 heavy (non-hydrogen) atoms. The molecule has 0 unspecified atom stereocenters. The smallest absolute Gasteiger partial charge is 0.242 e. The third-order valence-corrected chi connectivity index (χ3v) is 7.86. The van der Waals surface area contributed by atoms with E-state index in [0.29, 0.717) is 17.1 Å². The number of benzene rings is 2. The SMILES string of the molecule is CC[C@@H](C)NC(=O)[C@@H](C)N(Cc1ccc(Cl)cc1)C(=O)CCCN(c1cccc(C)c1C)S(C)(=O)=O. The average Bonchev–Trinajstić information content (AvgIpc) is 2.82. The van der Waals surface area contributed by atoms with Crippen LogP contribution < -0.4 is 9.62 Å². The zero-order valence-corrected chi connectivity index (χ0v) is 23.6. The Kier molecular flexibility index (Phi) is 10.8. The molecule has 0 aliphatic rings. The molecular weight excluding hydrogens is 498 g/mol. The highest BCUT2D eigenvalue weighted by atomic mass is 35.5. The van der Waals surface area contributed by atoms with E-state index in [9.17, 15) is 18.0 Å². The largest absolute Gasteiger partial charge is 0.352 e. The lowest BCUT2D eigenvalue weighted by Crippen LogP contribution is -2.49. The monoisotopic (exact) mass is 535 g/mol. The number of sulfonamides is 1. The lowest BCUT2D eigenvalue weighted by Gasteiger charge is -2.30. The first-order chi connectivity index (χ1) is 16.8. The van der Waals surface area contributed by atoms with Crippen molar-refractivity contribution in [1.82, 2.24) is 10.2 Å². The molecule has 0 radical (unpaired) electrons. The Morgan fingerprint density at radius 2 is 1.69 bits per heavy atom. The predicted molar refractivity (Wildman–Crippen MR) is 147 cm³/mol. The van der Waals surface area contributed by atoms with Crippen molar-refractivity contribution in [3.05, 3.63) is 64.2 Å². The number of nitrogens with one attached hydrogen (secondary N) is 1. The van der Waals surface area contributed by atoms with E-state index >= 15 is 0 Å². The molecule has 198 valence electrons. The average molecular weight is 536 g/mol. The molecule has 0 fully saturated rings. The van der Waals surface area contributed by atoms with Gasteiger partial charge in [0.25, 0.3) is 0 Å². The minimum atomic E-state index is -3.54. The molecule has 0 aromatic heterocycles. The molecule has 9 heteroatoms. The van der Waals surface area contributed by atoms with Gasteiger partial charge in [0.2, 0.25) is 21.8 Å². The first-order valence-electron chi connectivity index (χ1n) is 12.2. The molecular formula is C27H38ClN3O4S. The van der Waals surface area contributed by atoms with E-state index in [1.165, 1.54) is 10.6 Å². The molecule has 2 atom stereocenters. The van der Waals surface area contributed by atoms with Gasteiger partial charge in [-0.2, -0.15) is 0 Å². The van der Waals surface area contributed by atoms with Gasteiger partial charge in [-0.25, -0.2) is 8.42 Å².